The van der Waals surface area contributed by atoms with E-state index in [-0.39, 0.29) is 24.0 Å². The summed E-state index contributed by atoms with van der Waals surface area (Å²) in [6, 6.07) is 10.3. The number of imide groups is 1. The second-order valence-electron chi connectivity index (χ2n) is 7.44. The molecule has 3 aliphatic rings. The minimum atomic E-state index is -0.886. The zero-order valence-electron chi connectivity index (χ0n) is 14.8. The molecular weight excluding hydrogens is 346 g/mol. The third-order valence-corrected chi connectivity index (χ3v) is 5.93. The van der Waals surface area contributed by atoms with Crippen LogP contribution >= 0.6 is 0 Å². The third kappa shape index (κ3) is 2.38. The van der Waals surface area contributed by atoms with Crippen molar-refractivity contribution in [3.05, 3.63) is 36.4 Å². The van der Waals surface area contributed by atoms with Crippen molar-refractivity contribution in [3.63, 3.8) is 0 Å². The van der Waals surface area contributed by atoms with Crippen LogP contribution in [0.4, 0.5) is 5.82 Å². The monoisotopic (exact) mass is 365 g/mol. The SMILES string of the molecule is CC(C(=O)Nc1ccc2ccccc2n1)N1C(=O)C2C3CCC(O3)C2C1=O. The quantitative estimate of drug-likeness (QED) is 0.837. The van der Waals surface area contributed by atoms with Gasteiger partial charge in [-0.3, -0.25) is 19.3 Å². The molecule has 3 fully saturated rings. The fourth-order valence-electron chi connectivity index (χ4n) is 4.60. The molecule has 5 atom stereocenters. The number of hydrogen-bond acceptors (Lipinski definition) is 5. The normalized spacial score (nSPS) is 30.0. The summed E-state index contributed by atoms with van der Waals surface area (Å²) in [6.45, 7) is 1.58. The summed E-state index contributed by atoms with van der Waals surface area (Å²) in [5.74, 6) is -1.45. The first-order valence-electron chi connectivity index (χ1n) is 9.23. The highest BCUT2D eigenvalue weighted by Gasteiger charge is 2.63. The molecule has 5 rings (SSSR count). The Morgan fingerprint density at radius 3 is 2.48 bits per heavy atom. The molecule has 27 heavy (non-hydrogen) atoms. The van der Waals surface area contributed by atoms with Crippen molar-refractivity contribution >= 4 is 34.4 Å². The minimum absolute atomic E-state index is 0.182. The van der Waals surface area contributed by atoms with Crippen molar-refractivity contribution in [2.24, 2.45) is 11.8 Å². The number of aromatic nitrogens is 1. The predicted octanol–water partition coefficient (Wildman–Crippen LogP) is 1.72. The number of benzene rings is 1. The second-order valence-corrected chi connectivity index (χ2v) is 7.44. The van der Waals surface area contributed by atoms with Crippen molar-refractivity contribution in [2.45, 2.75) is 38.0 Å². The Bertz CT molecular complexity index is 947. The summed E-state index contributed by atoms with van der Waals surface area (Å²) in [5.41, 5.74) is 0.763. The molecule has 0 aliphatic carbocycles. The molecule has 0 spiro atoms. The number of para-hydroxylation sites is 1. The molecule has 7 heteroatoms. The van der Waals surface area contributed by atoms with Gasteiger partial charge in [0.15, 0.2) is 0 Å². The molecule has 138 valence electrons. The topological polar surface area (TPSA) is 88.6 Å². The second kappa shape index (κ2) is 5.85. The number of hydrogen-bond donors (Lipinski definition) is 1. The van der Waals surface area contributed by atoms with Gasteiger partial charge in [0.1, 0.15) is 11.9 Å². The maximum absolute atomic E-state index is 12.8. The largest absolute Gasteiger partial charge is 0.373 e. The number of carbonyl (C=O) groups excluding carboxylic acids is 3. The molecule has 1 aromatic heterocycles. The highest BCUT2D eigenvalue weighted by atomic mass is 16.5. The fourth-order valence-corrected chi connectivity index (χ4v) is 4.60. The Morgan fingerprint density at radius 1 is 1.11 bits per heavy atom. The van der Waals surface area contributed by atoms with Gasteiger partial charge in [0.25, 0.3) is 0 Å². The van der Waals surface area contributed by atoms with Gasteiger partial charge in [-0.15, -0.1) is 0 Å². The fraction of sp³-hybridized carbons (Fsp3) is 0.400. The molecule has 2 aromatic rings. The molecule has 3 amide bonds. The molecule has 2 bridgehead atoms. The molecule has 3 saturated heterocycles. The van der Waals surface area contributed by atoms with Gasteiger partial charge in [-0.05, 0) is 38.0 Å². The Hall–Kier alpha value is -2.80. The number of nitrogens with one attached hydrogen (secondary N) is 1. The zero-order chi connectivity index (χ0) is 18.7. The standard InChI is InChI=1S/C20H19N3O4/c1-10(18(24)22-15-9-6-11-4-2-3-5-12(11)21-15)23-19(25)16-13-7-8-14(27-13)17(16)20(23)26/h2-6,9-10,13-14,16-17H,7-8H2,1H3,(H,21,22,24). The van der Waals surface area contributed by atoms with E-state index in [1.165, 1.54) is 0 Å². The molecule has 5 unspecified atom stereocenters. The van der Waals surface area contributed by atoms with Gasteiger partial charge in [0.05, 0.1) is 29.6 Å². The summed E-state index contributed by atoms with van der Waals surface area (Å²) >= 11 is 0. The van der Waals surface area contributed by atoms with Crippen molar-refractivity contribution in [3.8, 4) is 0 Å². The van der Waals surface area contributed by atoms with E-state index in [1.807, 2.05) is 30.3 Å². The molecule has 0 radical (unpaired) electrons. The molecule has 0 saturated carbocycles. The molecule has 1 N–H and O–H groups in total. The van der Waals surface area contributed by atoms with E-state index in [2.05, 4.69) is 10.3 Å². The van der Waals surface area contributed by atoms with Gasteiger partial charge in [-0.1, -0.05) is 18.2 Å². The van der Waals surface area contributed by atoms with E-state index in [0.29, 0.717) is 5.82 Å². The van der Waals surface area contributed by atoms with Crippen LogP contribution in [0.3, 0.4) is 0 Å². The number of ether oxygens (including phenoxy) is 1. The highest BCUT2D eigenvalue weighted by Crippen LogP contribution is 2.48. The first kappa shape index (κ1) is 16.4. The lowest BCUT2D eigenvalue weighted by Gasteiger charge is -2.23. The predicted molar refractivity (Wildman–Crippen MR) is 96.6 cm³/mol. The number of carbonyl (C=O) groups is 3. The first-order valence-corrected chi connectivity index (χ1v) is 9.23. The van der Waals surface area contributed by atoms with Crippen LogP contribution in [0, 0.1) is 11.8 Å². The van der Waals surface area contributed by atoms with E-state index in [1.54, 1.807) is 13.0 Å². The number of amides is 3. The van der Waals surface area contributed by atoms with E-state index in [4.69, 9.17) is 4.74 Å². The molecule has 1 aromatic carbocycles. The van der Waals surface area contributed by atoms with Crippen LogP contribution in [0.25, 0.3) is 10.9 Å². The molecular formula is C20H19N3O4. The molecule has 3 aliphatic heterocycles. The maximum atomic E-state index is 12.8. The summed E-state index contributed by atoms with van der Waals surface area (Å²) in [6.07, 6.45) is 1.25. The zero-order valence-corrected chi connectivity index (χ0v) is 14.8. The van der Waals surface area contributed by atoms with Gasteiger partial charge in [0, 0.05) is 5.39 Å². The van der Waals surface area contributed by atoms with Crippen LogP contribution in [0.15, 0.2) is 36.4 Å². The van der Waals surface area contributed by atoms with Crippen LogP contribution in [0.5, 0.6) is 0 Å². The lowest BCUT2D eigenvalue weighted by atomic mass is 9.81. The lowest BCUT2D eigenvalue weighted by molar-refractivity contribution is -0.148. The Morgan fingerprint density at radius 2 is 1.78 bits per heavy atom. The number of anilines is 1. The van der Waals surface area contributed by atoms with Crippen LogP contribution in [-0.2, 0) is 19.1 Å². The van der Waals surface area contributed by atoms with E-state index >= 15 is 0 Å². The van der Waals surface area contributed by atoms with E-state index < -0.39 is 23.8 Å². The summed E-state index contributed by atoms with van der Waals surface area (Å²) in [7, 11) is 0. The van der Waals surface area contributed by atoms with Gasteiger partial charge < -0.3 is 10.1 Å². The average molecular weight is 365 g/mol. The third-order valence-electron chi connectivity index (χ3n) is 5.93. The van der Waals surface area contributed by atoms with E-state index in [9.17, 15) is 14.4 Å². The summed E-state index contributed by atoms with van der Waals surface area (Å²) < 4.78 is 5.73. The van der Waals surface area contributed by atoms with Gasteiger partial charge in [0.2, 0.25) is 17.7 Å². The number of rotatable bonds is 3. The Labute approximate surface area is 155 Å². The van der Waals surface area contributed by atoms with Crippen molar-refractivity contribution in [1.29, 1.82) is 0 Å². The maximum Gasteiger partial charge on any atom is 0.248 e. The van der Waals surface area contributed by atoms with E-state index in [0.717, 1.165) is 28.6 Å². The van der Waals surface area contributed by atoms with Gasteiger partial charge in [-0.2, -0.15) is 0 Å². The number of pyridine rings is 1. The molecule has 4 heterocycles. The van der Waals surface area contributed by atoms with Crippen molar-refractivity contribution in [2.75, 3.05) is 5.32 Å². The van der Waals surface area contributed by atoms with Crippen LogP contribution < -0.4 is 5.32 Å². The Balaban J connectivity index is 1.35. The highest BCUT2D eigenvalue weighted by molar-refractivity contribution is 6.10. The van der Waals surface area contributed by atoms with Crippen LogP contribution in [0.2, 0.25) is 0 Å². The van der Waals surface area contributed by atoms with Gasteiger partial charge in [-0.25, -0.2) is 4.98 Å². The van der Waals surface area contributed by atoms with Crippen molar-refractivity contribution < 1.29 is 19.1 Å². The van der Waals surface area contributed by atoms with Crippen LogP contribution in [0.1, 0.15) is 19.8 Å². The Kier molecular flexibility index (Phi) is 3.55. The number of likely N-dealkylation sites (tertiary alicyclic amines) is 1. The lowest BCUT2D eigenvalue weighted by Crippen LogP contribution is -2.47. The first-order chi connectivity index (χ1) is 13.0. The number of nitrogens with zero attached hydrogens (tertiary/aromatic N) is 2. The number of fused-ring (bicyclic) bond motifs is 6. The summed E-state index contributed by atoms with van der Waals surface area (Å²) in [5, 5.41) is 3.70. The smallest absolute Gasteiger partial charge is 0.248 e. The average Bonchev–Trinajstić information content (AvgIpc) is 3.35. The van der Waals surface area contributed by atoms with Gasteiger partial charge >= 0.3 is 0 Å². The molecule has 7 nitrogen and oxygen atoms in total. The van der Waals surface area contributed by atoms with Crippen molar-refractivity contribution in [1.82, 2.24) is 9.88 Å². The van der Waals surface area contributed by atoms with Crippen LogP contribution in [-0.4, -0.2) is 45.9 Å². The minimum Gasteiger partial charge on any atom is -0.373 e. The summed E-state index contributed by atoms with van der Waals surface area (Å²) in [4.78, 5) is 43.8.